The van der Waals surface area contributed by atoms with Crippen LogP contribution in [-0.4, -0.2) is 27.3 Å². The first-order valence-electron chi connectivity index (χ1n) is 7.34. The number of amides is 1. The van der Waals surface area contributed by atoms with Crippen LogP contribution >= 0.6 is 0 Å². The fourth-order valence-corrected chi connectivity index (χ4v) is 2.76. The topological polar surface area (TPSA) is 72.9 Å². The Balaban J connectivity index is 2.17. The Labute approximate surface area is 120 Å². The Morgan fingerprint density at radius 1 is 1.50 bits per heavy atom. The summed E-state index contributed by atoms with van der Waals surface area (Å²) in [5, 5.41) is 7.98. The molecule has 0 aromatic carbocycles. The number of aryl methyl sites for hydroxylation is 1. The van der Waals surface area contributed by atoms with Crippen LogP contribution < -0.4 is 11.1 Å². The Kier molecular flexibility index (Phi) is 3.91. The molecule has 3 N–H and O–H groups in total. The Morgan fingerprint density at radius 3 is 2.50 bits per heavy atom. The Morgan fingerprint density at radius 2 is 2.10 bits per heavy atom. The van der Waals surface area contributed by atoms with E-state index in [1.807, 2.05) is 18.5 Å². The van der Waals surface area contributed by atoms with Gasteiger partial charge >= 0.3 is 0 Å². The average molecular weight is 278 g/mol. The first-order valence-corrected chi connectivity index (χ1v) is 7.34. The molecule has 1 amide bonds. The lowest BCUT2D eigenvalue weighted by molar-refractivity contribution is -0.124. The van der Waals surface area contributed by atoms with Gasteiger partial charge in [0.1, 0.15) is 0 Å². The molecule has 2 rings (SSSR count). The first kappa shape index (κ1) is 15.0. The van der Waals surface area contributed by atoms with E-state index in [1.54, 1.807) is 0 Å². The van der Waals surface area contributed by atoms with Crippen molar-refractivity contribution in [1.29, 1.82) is 0 Å². The van der Waals surface area contributed by atoms with Gasteiger partial charge in [-0.05, 0) is 59.4 Å². The van der Waals surface area contributed by atoms with Gasteiger partial charge in [0, 0.05) is 11.7 Å². The van der Waals surface area contributed by atoms with Crippen molar-refractivity contribution in [3.8, 4) is 0 Å². The maximum Gasteiger partial charge on any atom is 0.237 e. The number of nitrogens with one attached hydrogen (secondary N) is 1. The molecule has 0 aliphatic heterocycles. The minimum Gasteiger partial charge on any atom is -0.368 e. The highest BCUT2D eigenvalue weighted by Gasteiger charge is 2.38. The molecule has 20 heavy (non-hydrogen) atoms. The second-order valence-electron chi connectivity index (χ2n) is 6.41. The third-order valence-electron chi connectivity index (χ3n) is 4.45. The maximum absolute atomic E-state index is 11.8. The summed E-state index contributed by atoms with van der Waals surface area (Å²) in [4.78, 5) is 11.8. The number of primary amides is 1. The van der Waals surface area contributed by atoms with Crippen LogP contribution in [0.4, 0.5) is 0 Å². The summed E-state index contributed by atoms with van der Waals surface area (Å²) in [6.07, 6.45) is 2.92. The van der Waals surface area contributed by atoms with E-state index in [0.29, 0.717) is 12.5 Å². The van der Waals surface area contributed by atoms with Gasteiger partial charge in [0.05, 0.1) is 17.3 Å². The Bertz CT molecular complexity index is 518. The van der Waals surface area contributed by atoms with Crippen molar-refractivity contribution >= 4 is 5.91 Å². The molecule has 5 nitrogen and oxygen atoms in total. The third-order valence-corrected chi connectivity index (χ3v) is 4.45. The minimum atomic E-state index is -0.666. The number of nitrogens with zero attached hydrogens (tertiary/aromatic N) is 2. The van der Waals surface area contributed by atoms with Gasteiger partial charge in [-0.15, -0.1) is 0 Å². The molecule has 0 saturated heterocycles. The van der Waals surface area contributed by atoms with Crippen LogP contribution in [0.3, 0.4) is 0 Å². The normalized spacial score (nSPS) is 19.6. The largest absolute Gasteiger partial charge is 0.368 e. The van der Waals surface area contributed by atoms with Crippen molar-refractivity contribution in [3.63, 3.8) is 0 Å². The number of carbonyl (C=O) groups excluding carboxylic acids is 1. The van der Waals surface area contributed by atoms with E-state index in [1.165, 1.54) is 5.56 Å². The molecule has 0 spiro atoms. The molecule has 1 aliphatic carbocycles. The summed E-state index contributed by atoms with van der Waals surface area (Å²) in [6.45, 7) is 10.2. The molecule has 1 aliphatic rings. The van der Waals surface area contributed by atoms with Crippen molar-refractivity contribution in [2.45, 2.75) is 71.5 Å². The molecule has 1 heterocycles. The number of hydrogen-bond donors (Lipinski definition) is 2. The van der Waals surface area contributed by atoms with Gasteiger partial charge in [0.2, 0.25) is 5.91 Å². The van der Waals surface area contributed by atoms with E-state index in [9.17, 15) is 4.79 Å². The van der Waals surface area contributed by atoms with Crippen LogP contribution in [-0.2, 0) is 4.79 Å². The van der Waals surface area contributed by atoms with E-state index in [4.69, 9.17) is 5.73 Å². The standard InChI is InChI=1S/C15H26N4O/c1-9(19-12(4)10(2)11(3)18-19)8-15(5,14(16)20)17-13-6-7-13/h9,13,17H,6-8H2,1-5H3,(H2,16,20). The number of nitrogens with two attached hydrogens (primary N) is 1. The number of rotatable bonds is 6. The maximum atomic E-state index is 11.8. The molecule has 1 aromatic rings. The zero-order valence-electron chi connectivity index (χ0n) is 13.2. The Hall–Kier alpha value is -1.36. The highest BCUT2D eigenvalue weighted by molar-refractivity contribution is 5.84. The summed E-state index contributed by atoms with van der Waals surface area (Å²) in [5.74, 6) is -0.283. The van der Waals surface area contributed by atoms with E-state index < -0.39 is 5.54 Å². The molecule has 5 heteroatoms. The van der Waals surface area contributed by atoms with E-state index in [0.717, 1.165) is 24.2 Å². The van der Waals surface area contributed by atoms with Crippen molar-refractivity contribution < 1.29 is 4.79 Å². The summed E-state index contributed by atoms with van der Waals surface area (Å²) in [5.41, 5.74) is 8.37. The second kappa shape index (κ2) is 5.20. The number of carbonyl (C=O) groups is 1. The summed E-state index contributed by atoms with van der Waals surface area (Å²) >= 11 is 0. The molecule has 2 unspecified atom stereocenters. The van der Waals surface area contributed by atoms with Crippen LogP contribution in [0.5, 0.6) is 0 Å². The highest BCUT2D eigenvalue weighted by atomic mass is 16.1. The molecular weight excluding hydrogens is 252 g/mol. The predicted octanol–water partition coefficient (Wildman–Crippen LogP) is 1.76. The molecule has 1 saturated carbocycles. The van der Waals surface area contributed by atoms with Gasteiger partial charge in [0.25, 0.3) is 0 Å². The van der Waals surface area contributed by atoms with Gasteiger partial charge < -0.3 is 11.1 Å². The summed E-state index contributed by atoms with van der Waals surface area (Å²) in [6, 6.07) is 0.577. The zero-order chi connectivity index (χ0) is 15.1. The van der Waals surface area contributed by atoms with E-state index >= 15 is 0 Å². The quantitative estimate of drug-likeness (QED) is 0.832. The van der Waals surface area contributed by atoms with E-state index in [-0.39, 0.29) is 11.9 Å². The van der Waals surface area contributed by atoms with Crippen LogP contribution in [0.15, 0.2) is 0 Å². The minimum absolute atomic E-state index is 0.131. The van der Waals surface area contributed by atoms with Crippen molar-refractivity contribution in [2.75, 3.05) is 0 Å². The smallest absolute Gasteiger partial charge is 0.237 e. The molecule has 0 radical (unpaired) electrons. The number of hydrogen-bond acceptors (Lipinski definition) is 3. The van der Waals surface area contributed by atoms with Gasteiger partial charge in [-0.2, -0.15) is 5.10 Å². The highest BCUT2D eigenvalue weighted by Crippen LogP contribution is 2.28. The van der Waals surface area contributed by atoms with Crippen molar-refractivity contribution in [3.05, 3.63) is 17.0 Å². The SMILES string of the molecule is Cc1nn(C(C)CC(C)(NC2CC2)C(N)=O)c(C)c1C. The van der Waals surface area contributed by atoms with Crippen LogP contribution in [0, 0.1) is 20.8 Å². The zero-order valence-corrected chi connectivity index (χ0v) is 13.2. The second-order valence-corrected chi connectivity index (χ2v) is 6.41. The van der Waals surface area contributed by atoms with Gasteiger partial charge in [0.15, 0.2) is 0 Å². The van der Waals surface area contributed by atoms with Crippen molar-refractivity contribution in [2.24, 2.45) is 5.73 Å². The fraction of sp³-hybridized carbons (Fsp3) is 0.733. The molecule has 2 atom stereocenters. The van der Waals surface area contributed by atoms with Gasteiger partial charge in [-0.3, -0.25) is 9.48 Å². The predicted molar refractivity (Wildman–Crippen MR) is 79.5 cm³/mol. The molecular formula is C15H26N4O. The first-order chi connectivity index (χ1) is 9.24. The van der Waals surface area contributed by atoms with E-state index in [2.05, 4.69) is 31.2 Å². The lowest BCUT2D eigenvalue weighted by Gasteiger charge is -2.31. The summed E-state index contributed by atoms with van der Waals surface area (Å²) < 4.78 is 2.01. The van der Waals surface area contributed by atoms with Crippen LogP contribution in [0.25, 0.3) is 0 Å². The van der Waals surface area contributed by atoms with Gasteiger partial charge in [-0.1, -0.05) is 0 Å². The third kappa shape index (κ3) is 2.87. The molecule has 0 bridgehead atoms. The van der Waals surface area contributed by atoms with Crippen LogP contribution in [0.2, 0.25) is 0 Å². The molecule has 1 aromatic heterocycles. The monoisotopic (exact) mass is 278 g/mol. The number of aromatic nitrogens is 2. The van der Waals surface area contributed by atoms with Crippen molar-refractivity contribution in [1.82, 2.24) is 15.1 Å². The molecule has 112 valence electrons. The average Bonchev–Trinajstić information content (AvgIpc) is 3.12. The lowest BCUT2D eigenvalue weighted by atomic mass is 9.92. The fourth-order valence-electron chi connectivity index (χ4n) is 2.76. The summed E-state index contributed by atoms with van der Waals surface area (Å²) in [7, 11) is 0. The lowest BCUT2D eigenvalue weighted by Crippen LogP contribution is -2.55. The van der Waals surface area contributed by atoms with Gasteiger partial charge in [-0.25, -0.2) is 0 Å². The van der Waals surface area contributed by atoms with Crippen LogP contribution in [0.1, 0.15) is 56.1 Å². The molecule has 1 fully saturated rings.